The summed E-state index contributed by atoms with van der Waals surface area (Å²) in [6.45, 7) is 11.7. The first-order chi connectivity index (χ1) is 6.79. The molecule has 2 heteroatoms. The molecule has 0 aliphatic carbocycles. The van der Waals surface area contributed by atoms with E-state index in [0.29, 0.717) is 5.04 Å². The molecule has 0 N–H and O–H groups in total. The molecule has 0 unspecified atom stereocenters. The lowest BCUT2D eigenvalue weighted by molar-refractivity contribution is 0.112. The summed E-state index contributed by atoms with van der Waals surface area (Å²) < 4.78 is 0. The lowest BCUT2D eigenvalue weighted by atomic mass is 10.2. The van der Waals surface area contributed by atoms with Gasteiger partial charge in [-0.25, -0.2) is 0 Å². The fourth-order valence-corrected chi connectivity index (χ4v) is 3.28. The maximum absolute atomic E-state index is 10.6. The smallest absolute Gasteiger partial charge is 0.150 e. The molecule has 1 rings (SSSR count). The van der Waals surface area contributed by atoms with Gasteiger partial charge in [0.25, 0.3) is 0 Å². The molecule has 0 radical (unpaired) electrons. The molecule has 0 aliphatic heterocycles. The van der Waals surface area contributed by atoms with E-state index in [1.54, 1.807) is 0 Å². The van der Waals surface area contributed by atoms with E-state index in [1.165, 1.54) is 5.19 Å². The van der Waals surface area contributed by atoms with E-state index < -0.39 is 8.07 Å². The average molecular weight is 220 g/mol. The van der Waals surface area contributed by atoms with Crippen molar-refractivity contribution in [3.8, 4) is 0 Å². The van der Waals surface area contributed by atoms with Crippen molar-refractivity contribution in [2.75, 3.05) is 0 Å². The van der Waals surface area contributed by atoms with Crippen LogP contribution in [0.15, 0.2) is 24.3 Å². The van der Waals surface area contributed by atoms with Crippen LogP contribution in [-0.4, -0.2) is 14.4 Å². The Labute approximate surface area is 93.5 Å². The van der Waals surface area contributed by atoms with Crippen LogP contribution in [0.25, 0.3) is 0 Å². The van der Waals surface area contributed by atoms with Crippen molar-refractivity contribution in [1.82, 2.24) is 0 Å². The van der Waals surface area contributed by atoms with Gasteiger partial charge in [0.2, 0.25) is 0 Å². The fraction of sp³-hybridized carbons (Fsp3) is 0.462. The summed E-state index contributed by atoms with van der Waals surface area (Å²) in [5.74, 6) is 0. The number of hydrogen-bond donors (Lipinski definition) is 0. The Morgan fingerprint density at radius 1 is 1.07 bits per heavy atom. The van der Waals surface area contributed by atoms with Crippen LogP contribution in [0.1, 0.15) is 31.1 Å². The van der Waals surface area contributed by atoms with E-state index in [-0.39, 0.29) is 0 Å². The van der Waals surface area contributed by atoms with Gasteiger partial charge in [-0.05, 0) is 5.04 Å². The van der Waals surface area contributed by atoms with Gasteiger partial charge in [-0.1, -0.05) is 63.3 Å². The molecule has 0 fully saturated rings. The number of carbonyl (C=O) groups is 1. The molecule has 0 saturated carbocycles. The quantitative estimate of drug-likeness (QED) is 0.552. The van der Waals surface area contributed by atoms with Crippen LogP contribution in [0.5, 0.6) is 0 Å². The highest BCUT2D eigenvalue weighted by molar-refractivity contribution is 6.92. The maximum Gasteiger partial charge on any atom is 0.150 e. The molecule has 15 heavy (non-hydrogen) atoms. The Hall–Kier alpha value is -0.893. The first-order valence-corrected chi connectivity index (χ1v) is 8.35. The summed E-state index contributed by atoms with van der Waals surface area (Å²) in [5, 5.41) is 1.76. The Bertz CT molecular complexity index is 344. The van der Waals surface area contributed by atoms with E-state index in [9.17, 15) is 4.79 Å². The van der Waals surface area contributed by atoms with Crippen molar-refractivity contribution in [1.29, 1.82) is 0 Å². The zero-order chi connectivity index (χ0) is 11.7. The van der Waals surface area contributed by atoms with Crippen molar-refractivity contribution in [3.05, 3.63) is 29.8 Å². The van der Waals surface area contributed by atoms with Crippen LogP contribution >= 0.6 is 0 Å². The zero-order valence-corrected chi connectivity index (χ0v) is 11.3. The highest BCUT2D eigenvalue weighted by Crippen LogP contribution is 2.35. The Kier molecular flexibility index (Phi) is 3.19. The maximum atomic E-state index is 10.6. The third-order valence-electron chi connectivity index (χ3n) is 3.64. The highest BCUT2D eigenvalue weighted by atomic mass is 28.3. The topological polar surface area (TPSA) is 17.1 Å². The number of carbonyl (C=O) groups excluding carboxylic acids is 1. The second-order valence-corrected chi connectivity index (χ2v) is 10.9. The van der Waals surface area contributed by atoms with Crippen LogP contribution in [0.2, 0.25) is 18.1 Å². The molecule has 0 aliphatic rings. The lowest BCUT2D eigenvalue weighted by Gasteiger charge is -2.37. The normalized spacial score (nSPS) is 12.6. The summed E-state index contributed by atoms with van der Waals surface area (Å²) in [6, 6.07) is 8.06. The molecule has 0 spiro atoms. The standard InChI is InChI=1S/C13H20OSi/c1-13(2,3)15(4,5)12-8-6-11(10-14)7-9-12/h6-10H,1-5H3. The van der Waals surface area contributed by atoms with E-state index in [0.717, 1.165) is 11.8 Å². The first kappa shape index (κ1) is 12.2. The van der Waals surface area contributed by atoms with Crippen LogP contribution in [0.3, 0.4) is 0 Å². The second-order valence-electron chi connectivity index (χ2n) is 5.61. The Morgan fingerprint density at radius 2 is 1.53 bits per heavy atom. The molecule has 1 aromatic rings. The third kappa shape index (κ3) is 2.37. The van der Waals surface area contributed by atoms with Crippen molar-refractivity contribution < 1.29 is 4.79 Å². The molecule has 82 valence electrons. The predicted octanol–water partition coefficient (Wildman–Crippen LogP) is 3.21. The number of hydrogen-bond acceptors (Lipinski definition) is 1. The average Bonchev–Trinajstić information content (AvgIpc) is 2.16. The van der Waals surface area contributed by atoms with Gasteiger partial charge in [-0.15, -0.1) is 0 Å². The third-order valence-corrected chi connectivity index (χ3v) is 9.17. The van der Waals surface area contributed by atoms with Crippen molar-refractivity contribution in [2.24, 2.45) is 0 Å². The van der Waals surface area contributed by atoms with Crippen LogP contribution in [0, 0.1) is 0 Å². The fourth-order valence-electron chi connectivity index (χ4n) is 1.41. The Balaban J connectivity index is 3.11. The first-order valence-electron chi connectivity index (χ1n) is 5.35. The SMILES string of the molecule is CC(C)(C)[Si](C)(C)c1ccc(C=O)cc1. The summed E-state index contributed by atoms with van der Waals surface area (Å²) in [4.78, 5) is 10.6. The van der Waals surface area contributed by atoms with Gasteiger partial charge in [-0.2, -0.15) is 0 Å². The molecule has 0 amide bonds. The highest BCUT2D eigenvalue weighted by Gasteiger charge is 2.36. The molecule has 0 aromatic heterocycles. The molecule has 1 aromatic carbocycles. The molecular formula is C13H20OSi. The minimum atomic E-state index is -1.43. The summed E-state index contributed by atoms with van der Waals surface area (Å²) >= 11 is 0. The van der Waals surface area contributed by atoms with E-state index in [2.05, 4.69) is 46.0 Å². The molecular weight excluding hydrogens is 200 g/mol. The Morgan fingerprint density at radius 3 is 1.87 bits per heavy atom. The van der Waals surface area contributed by atoms with Gasteiger partial charge >= 0.3 is 0 Å². The summed E-state index contributed by atoms with van der Waals surface area (Å²) in [7, 11) is -1.43. The number of aldehydes is 1. The molecule has 0 bridgehead atoms. The predicted molar refractivity (Wildman–Crippen MR) is 68.7 cm³/mol. The molecule has 0 heterocycles. The minimum Gasteiger partial charge on any atom is -0.298 e. The van der Waals surface area contributed by atoms with Crippen LogP contribution < -0.4 is 5.19 Å². The summed E-state index contributed by atoms with van der Waals surface area (Å²) in [5.41, 5.74) is 0.762. The van der Waals surface area contributed by atoms with Crippen molar-refractivity contribution >= 4 is 19.5 Å². The van der Waals surface area contributed by atoms with Gasteiger partial charge in [-0.3, -0.25) is 4.79 Å². The molecule has 0 saturated heterocycles. The van der Waals surface area contributed by atoms with Crippen LogP contribution in [0.4, 0.5) is 0 Å². The molecule has 1 nitrogen and oxygen atoms in total. The zero-order valence-electron chi connectivity index (χ0n) is 10.3. The van der Waals surface area contributed by atoms with Crippen LogP contribution in [-0.2, 0) is 0 Å². The van der Waals surface area contributed by atoms with Crippen molar-refractivity contribution in [3.63, 3.8) is 0 Å². The van der Waals surface area contributed by atoms with Gasteiger partial charge < -0.3 is 0 Å². The number of rotatable bonds is 2. The van der Waals surface area contributed by atoms with Gasteiger partial charge in [0, 0.05) is 5.56 Å². The number of benzene rings is 1. The van der Waals surface area contributed by atoms with E-state index in [1.807, 2.05) is 12.1 Å². The van der Waals surface area contributed by atoms with Crippen molar-refractivity contribution in [2.45, 2.75) is 38.9 Å². The van der Waals surface area contributed by atoms with Gasteiger partial charge in [0.15, 0.2) is 0 Å². The van der Waals surface area contributed by atoms with E-state index in [4.69, 9.17) is 0 Å². The monoisotopic (exact) mass is 220 g/mol. The largest absolute Gasteiger partial charge is 0.298 e. The summed E-state index contributed by atoms with van der Waals surface area (Å²) in [6.07, 6.45) is 0.898. The van der Waals surface area contributed by atoms with E-state index >= 15 is 0 Å². The second kappa shape index (κ2) is 3.93. The molecule has 0 atom stereocenters. The van der Waals surface area contributed by atoms with Gasteiger partial charge in [0.1, 0.15) is 6.29 Å². The lowest BCUT2D eigenvalue weighted by Crippen LogP contribution is -2.49. The minimum absolute atomic E-state index is 0.343. The van der Waals surface area contributed by atoms with Gasteiger partial charge in [0.05, 0.1) is 8.07 Å².